The van der Waals surface area contributed by atoms with Crippen LogP contribution in [-0.2, 0) is 14.8 Å². The van der Waals surface area contributed by atoms with Crippen molar-refractivity contribution in [2.45, 2.75) is 33.2 Å². The van der Waals surface area contributed by atoms with Crippen LogP contribution in [0.2, 0.25) is 0 Å². The van der Waals surface area contributed by atoms with Crippen molar-refractivity contribution < 1.29 is 17.9 Å². The summed E-state index contributed by atoms with van der Waals surface area (Å²) in [5.41, 5.74) is 0.671. The summed E-state index contributed by atoms with van der Waals surface area (Å²) in [4.78, 5) is 13.1. The number of morpholine rings is 1. The highest BCUT2D eigenvalue weighted by atomic mass is 32.2. The summed E-state index contributed by atoms with van der Waals surface area (Å²) in [6.45, 7) is 7.51. The molecule has 184 valence electrons. The van der Waals surface area contributed by atoms with Crippen molar-refractivity contribution in [3.63, 3.8) is 0 Å². The number of sulfonamides is 1. The first-order chi connectivity index (χ1) is 16.2. The van der Waals surface area contributed by atoms with E-state index in [0.29, 0.717) is 60.9 Å². The fourth-order valence-corrected chi connectivity index (χ4v) is 5.20. The van der Waals surface area contributed by atoms with E-state index in [0.717, 1.165) is 5.69 Å². The Morgan fingerprint density at radius 1 is 1.21 bits per heavy atom. The molecular formula is C22H30N6O5S. The van der Waals surface area contributed by atoms with Crippen LogP contribution in [0.3, 0.4) is 0 Å². The average molecular weight is 491 g/mol. The van der Waals surface area contributed by atoms with Gasteiger partial charge in [0.2, 0.25) is 10.0 Å². The van der Waals surface area contributed by atoms with E-state index in [9.17, 15) is 13.2 Å². The lowest BCUT2D eigenvalue weighted by Crippen LogP contribution is -2.42. The number of H-pyrrole nitrogens is 1. The molecule has 0 atom stereocenters. The standard InChI is InChI=1S/C22H30N6O5S/c1-15(2)28-22(29)19-14-17(33-9-4-12-34(30,31)27-7-10-32-11-8-27)5-6-18(19)21(26-28)23-20-13-16(3)24-25-20/h5-6,13-15H,4,7-12H2,1-3H3,(H2,23,24,25,26). The molecule has 0 unspecified atom stereocenters. The molecule has 2 aromatic heterocycles. The maximum Gasteiger partial charge on any atom is 0.275 e. The van der Waals surface area contributed by atoms with Gasteiger partial charge in [-0.3, -0.25) is 9.89 Å². The zero-order valence-corrected chi connectivity index (χ0v) is 20.4. The molecule has 0 radical (unpaired) electrons. The molecule has 3 heterocycles. The van der Waals surface area contributed by atoms with E-state index >= 15 is 0 Å². The van der Waals surface area contributed by atoms with Crippen molar-refractivity contribution in [3.8, 4) is 5.75 Å². The highest BCUT2D eigenvalue weighted by molar-refractivity contribution is 7.89. The van der Waals surface area contributed by atoms with Crippen LogP contribution >= 0.6 is 0 Å². The van der Waals surface area contributed by atoms with Crippen LogP contribution in [-0.4, -0.2) is 71.4 Å². The van der Waals surface area contributed by atoms with Crippen LogP contribution in [0.15, 0.2) is 29.1 Å². The zero-order valence-electron chi connectivity index (χ0n) is 19.6. The van der Waals surface area contributed by atoms with Crippen molar-refractivity contribution in [1.82, 2.24) is 24.3 Å². The molecule has 1 fully saturated rings. The molecule has 34 heavy (non-hydrogen) atoms. The molecule has 3 aromatic rings. The Bertz CT molecular complexity index is 1310. The smallest absolute Gasteiger partial charge is 0.275 e. The van der Waals surface area contributed by atoms with Crippen molar-refractivity contribution in [1.29, 1.82) is 0 Å². The van der Waals surface area contributed by atoms with Gasteiger partial charge in [-0.05, 0) is 45.4 Å². The van der Waals surface area contributed by atoms with Gasteiger partial charge in [0.1, 0.15) is 5.75 Å². The number of ether oxygens (including phenoxy) is 2. The van der Waals surface area contributed by atoms with Gasteiger partial charge in [-0.15, -0.1) is 0 Å². The van der Waals surface area contributed by atoms with E-state index in [-0.39, 0.29) is 24.0 Å². The average Bonchev–Trinajstić information content (AvgIpc) is 3.23. The molecular weight excluding hydrogens is 460 g/mol. The number of benzene rings is 1. The van der Waals surface area contributed by atoms with Crippen molar-refractivity contribution >= 4 is 32.4 Å². The van der Waals surface area contributed by atoms with Gasteiger partial charge in [-0.2, -0.15) is 14.5 Å². The predicted molar refractivity (Wildman–Crippen MR) is 129 cm³/mol. The van der Waals surface area contributed by atoms with E-state index in [1.807, 2.05) is 26.8 Å². The molecule has 12 heteroatoms. The third kappa shape index (κ3) is 5.40. The van der Waals surface area contributed by atoms with Gasteiger partial charge in [0.25, 0.3) is 5.56 Å². The van der Waals surface area contributed by atoms with Crippen LogP contribution in [0, 0.1) is 6.92 Å². The summed E-state index contributed by atoms with van der Waals surface area (Å²) in [6, 6.07) is 6.90. The van der Waals surface area contributed by atoms with Gasteiger partial charge in [-0.1, -0.05) is 0 Å². The Balaban J connectivity index is 1.51. The van der Waals surface area contributed by atoms with Crippen LogP contribution in [0.5, 0.6) is 5.75 Å². The van der Waals surface area contributed by atoms with Gasteiger partial charge in [0.15, 0.2) is 11.6 Å². The second kappa shape index (κ2) is 10.1. The molecule has 4 rings (SSSR count). The Morgan fingerprint density at radius 3 is 2.65 bits per heavy atom. The number of aromatic nitrogens is 4. The summed E-state index contributed by atoms with van der Waals surface area (Å²) in [5.74, 6) is 1.61. The summed E-state index contributed by atoms with van der Waals surface area (Å²) in [7, 11) is -3.33. The maximum atomic E-state index is 13.1. The Labute approximate surface area is 198 Å². The Hall–Kier alpha value is -2.96. The first kappa shape index (κ1) is 24.2. The van der Waals surface area contributed by atoms with Gasteiger partial charge in [0, 0.05) is 30.2 Å². The van der Waals surface area contributed by atoms with Crippen LogP contribution in [0.4, 0.5) is 11.6 Å². The normalized spacial score (nSPS) is 15.2. The number of nitrogens with one attached hydrogen (secondary N) is 2. The monoisotopic (exact) mass is 490 g/mol. The predicted octanol–water partition coefficient (Wildman–Crippen LogP) is 2.18. The number of aryl methyl sites for hydroxylation is 1. The first-order valence-electron chi connectivity index (χ1n) is 11.3. The molecule has 0 saturated carbocycles. The van der Waals surface area contributed by atoms with E-state index in [4.69, 9.17) is 9.47 Å². The fraction of sp³-hybridized carbons (Fsp3) is 0.500. The van der Waals surface area contributed by atoms with E-state index in [1.165, 1.54) is 8.99 Å². The molecule has 1 aliphatic heterocycles. The molecule has 1 aliphatic rings. The van der Waals surface area contributed by atoms with E-state index < -0.39 is 10.0 Å². The van der Waals surface area contributed by atoms with Crippen LogP contribution in [0.25, 0.3) is 10.8 Å². The van der Waals surface area contributed by atoms with Crippen molar-refractivity contribution in [2.75, 3.05) is 44.0 Å². The molecule has 11 nitrogen and oxygen atoms in total. The minimum atomic E-state index is -3.33. The Morgan fingerprint density at radius 2 is 1.97 bits per heavy atom. The fourth-order valence-electron chi connectivity index (χ4n) is 3.76. The third-order valence-corrected chi connectivity index (χ3v) is 7.47. The lowest BCUT2D eigenvalue weighted by molar-refractivity contribution is 0.0730. The number of fused-ring (bicyclic) bond motifs is 1. The number of aromatic amines is 1. The number of rotatable bonds is 9. The number of anilines is 2. The highest BCUT2D eigenvalue weighted by Crippen LogP contribution is 2.26. The SMILES string of the molecule is Cc1cc(Nc2nn(C(C)C)c(=O)c3cc(OCCCS(=O)(=O)N4CCOCC4)ccc23)n[nH]1. The quantitative estimate of drug-likeness (QED) is 0.436. The molecule has 1 saturated heterocycles. The second-order valence-electron chi connectivity index (χ2n) is 8.49. The molecule has 0 bridgehead atoms. The number of hydrogen-bond donors (Lipinski definition) is 2. The second-order valence-corrected chi connectivity index (χ2v) is 10.6. The third-order valence-electron chi connectivity index (χ3n) is 5.51. The van der Waals surface area contributed by atoms with Crippen molar-refractivity contribution in [2.24, 2.45) is 0 Å². The molecule has 1 aromatic carbocycles. The van der Waals surface area contributed by atoms with Crippen LogP contribution in [0.1, 0.15) is 32.0 Å². The summed E-state index contributed by atoms with van der Waals surface area (Å²) >= 11 is 0. The van der Waals surface area contributed by atoms with E-state index in [1.54, 1.807) is 18.2 Å². The maximum absolute atomic E-state index is 13.1. The van der Waals surface area contributed by atoms with Gasteiger partial charge in [0.05, 0.1) is 37.0 Å². The first-order valence-corrected chi connectivity index (χ1v) is 12.9. The summed E-state index contributed by atoms with van der Waals surface area (Å²) < 4.78 is 38.8. The molecule has 2 N–H and O–H groups in total. The largest absolute Gasteiger partial charge is 0.494 e. The van der Waals surface area contributed by atoms with Crippen molar-refractivity contribution in [3.05, 3.63) is 40.3 Å². The minimum absolute atomic E-state index is 0.00179. The summed E-state index contributed by atoms with van der Waals surface area (Å²) in [5, 5.41) is 15.8. The minimum Gasteiger partial charge on any atom is -0.494 e. The Kier molecular flexibility index (Phi) is 7.19. The topological polar surface area (TPSA) is 131 Å². The molecule has 0 amide bonds. The van der Waals surface area contributed by atoms with Gasteiger partial charge >= 0.3 is 0 Å². The molecule has 0 spiro atoms. The van der Waals surface area contributed by atoms with Crippen LogP contribution < -0.4 is 15.6 Å². The molecule has 0 aliphatic carbocycles. The highest BCUT2D eigenvalue weighted by Gasteiger charge is 2.23. The zero-order chi connectivity index (χ0) is 24.3. The van der Waals surface area contributed by atoms with Gasteiger partial charge < -0.3 is 14.8 Å². The lowest BCUT2D eigenvalue weighted by Gasteiger charge is -2.25. The summed E-state index contributed by atoms with van der Waals surface area (Å²) in [6.07, 6.45) is 0.343. The number of nitrogens with zero attached hydrogens (tertiary/aromatic N) is 4. The lowest BCUT2D eigenvalue weighted by atomic mass is 10.1. The number of hydrogen-bond acceptors (Lipinski definition) is 8. The van der Waals surface area contributed by atoms with Gasteiger partial charge in [-0.25, -0.2) is 13.1 Å². The van der Waals surface area contributed by atoms with E-state index in [2.05, 4.69) is 20.6 Å².